The van der Waals surface area contributed by atoms with E-state index in [1.165, 1.54) is 38.7 Å². The molecule has 2 nitrogen and oxygen atoms in total. The molecule has 0 saturated carbocycles. The molecule has 0 fully saturated rings. The minimum absolute atomic E-state index is 0.446. The van der Waals surface area contributed by atoms with E-state index in [0.717, 1.165) is 4.08 Å². The molecule has 38 valence electrons. The molecule has 0 rings (SSSR count). The molecule has 0 aliphatic heterocycles. The van der Waals surface area contributed by atoms with Crippen molar-refractivity contribution in [3.8, 4) is 0 Å². The fourth-order valence-electron chi connectivity index (χ4n) is 0.0752. The summed E-state index contributed by atoms with van der Waals surface area (Å²) in [6.07, 6.45) is 0. The van der Waals surface area contributed by atoms with Crippen LogP contribution in [0.3, 0.4) is 0 Å². The summed E-state index contributed by atoms with van der Waals surface area (Å²) in [6, 6.07) is 0. The number of ether oxygens (including phenoxy) is 1. The average Bonchev–Trinajstić information content (AvgIpc) is 1.68. The van der Waals surface area contributed by atoms with Crippen molar-refractivity contribution in [3.05, 3.63) is 0 Å². The van der Waals surface area contributed by atoms with Gasteiger partial charge in [0.2, 0.25) is 0 Å². The van der Waals surface area contributed by atoms with Crippen molar-refractivity contribution < 1.29 is 48.2 Å². The van der Waals surface area contributed by atoms with E-state index >= 15 is 0 Å². The van der Waals surface area contributed by atoms with Crippen LogP contribution in [0.15, 0.2) is 0 Å². The van der Waals surface area contributed by atoms with Crippen molar-refractivity contribution in [2.24, 2.45) is 0 Å². The third-order valence-corrected chi connectivity index (χ3v) is 4.13. The Hall–Kier alpha value is 0.587. The monoisotopic (exact) mass is 438 g/mol. The Morgan fingerprint density at radius 3 is 2.43 bits per heavy atom. The normalized spacial score (nSPS) is 6.86. The van der Waals surface area contributed by atoms with Gasteiger partial charge in [0.25, 0.3) is 0 Å². The zero-order valence-electron chi connectivity index (χ0n) is 3.29. The van der Waals surface area contributed by atoms with E-state index in [4.69, 9.17) is 0 Å². The molecule has 0 aromatic heterocycles. The maximum atomic E-state index is 9.53. The van der Waals surface area contributed by atoms with Gasteiger partial charge in [-0.1, -0.05) is 0 Å². The number of rotatable bonds is 3. The molecular formula is C3H2O2W2. The summed E-state index contributed by atoms with van der Waals surface area (Å²) >= 11 is 2.50. The van der Waals surface area contributed by atoms with Gasteiger partial charge in [-0.3, -0.25) is 0 Å². The van der Waals surface area contributed by atoms with Crippen molar-refractivity contribution in [2.75, 3.05) is 0 Å². The maximum absolute atomic E-state index is 9.53. The SMILES string of the molecule is O=CO[C](=[W])[CH]=[W]. The topological polar surface area (TPSA) is 26.3 Å². The summed E-state index contributed by atoms with van der Waals surface area (Å²) in [5, 5.41) is 0. The van der Waals surface area contributed by atoms with E-state index < -0.39 is 0 Å². The molecule has 0 unspecified atom stereocenters. The molecule has 0 radical (unpaired) electrons. The van der Waals surface area contributed by atoms with Gasteiger partial charge in [0.1, 0.15) is 0 Å². The quantitative estimate of drug-likeness (QED) is 0.540. The predicted molar refractivity (Wildman–Crippen MR) is 18.2 cm³/mol. The van der Waals surface area contributed by atoms with Crippen LogP contribution >= 0.6 is 0 Å². The number of hydrogen-bond donors (Lipinski definition) is 0. The minimum atomic E-state index is 0.446. The van der Waals surface area contributed by atoms with Gasteiger partial charge in [-0.05, 0) is 0 Å². The number of carbonyl (C=O) groups excluding carboxylic acids is 1. The fourth-order valence-corrected chi connectivity index (χ4v) is 0.416. The Morgan fingerprint density at radius 1 is 1.71 bits per heavy atom. The summed E-state index contributed by atoms with van der Waals surface area (Å²) in [6.45, 7) is 0.446. The van der Waals surface area contributed by atoms with Gasteiger partial charge in [0.15, 0.2) is 0 Å². The van der Waals surface area contributed by atoms with Crippen LogP contribution < -0.4 is 0 Å². The van der Waals surface area contributed by atoms with E-state index in [9.17, 15) is 4.79 Å². The van der Waals surface area contributed by atoms with Crippen LogP contribution in [0.2, 0.25) is 0 Å². The molecule has 0 aromatic rings. The molecule has 0 aromatic carbocycles. The first-order chi connectivity index (χ1) is 3.31. The van der Waals surface area contributed by atoms with Crippen molar-refractivity contribution in [1.82, 2.24) is 0 Å². The van der Waals surface area contributed by atoms with Crippen molar-refractivity contribution in [3.63, 3.8) is 0 Å². The third kappa shape index (κ3) is 4.44. The Bertz CT molecular complexity index is 99.1. The Kier molecular flexibility index (Phi) is 5.14. The van der Waals surface area contributed by atoms with Crippen molar-refractivity contribution in [1.29, 1.82) is 0 Å². The van der Waals surface area contributed by atoms with Crippen LogP contribution in [0.5, 0.6) is 0 Å². The number of carbonyl (C=O) groups is 1. The first-order valence-electron chi connectivity index (χ1n) is 1.40. The van der Waals surface area contributed by atoms with Crippen LogP contribution in [0.25, 0.3) is 0 Å². The van der Waals surface area contributed by atoms with Gasteiger partial charge in [0, 0.05) is 0 Å². The molecule has 0 spiro atoms. The van der Waals surface area contributed by atoms with E-state index in [-0.39, 0.29) is 0 Å². The first kappa shape index (κ1) is 7.59. The summed E-state index contributed by atoms with van der Waals surface area (Å²) in [4.78, 5) is 9.53. The zero-order chi connectivity index (χ0) is 5.70. The predicted octanol–water partition coefficient (Wildman–Crippen LogP) is -0.815. The fraction of sp³-hybridized carbons (Fsp3) is 0. The Balaban J connectivity index is 3.36. The van der Waals surface area contributed by atoms with Gasteiger partial charge >= 0.3 is 63.2 Å². The first-order valence-corrected chi connectivity index (χ1v) is 4.56. The Morgan fingerprint density at radius 2 is 2.29 bits per heavy atom. The molecule has 0 bridgehead atoms. The average molecular weight is 438 g/mol. The van der Waals surface area contributed by atoms with Crippen LogP contribution in [0.4, 0.5) is 0 Å². The van der Waals surface area contributed by atoms with Gasteiger partial charge in [-0.2, -0.15) is 0 Å². The molecule has 0 saturated heterocycles. The van der Waals surface area contributed by atoms with E-state index in [1.54, 1.807) is 0 Å². The van der Waals surface area contributed by atoms with Gasteiger partial charge in [-0.15, -0.1) is 0 Å². The standard InChI is InChI=1S/C3H2O2.2W/c1-2-5-3-4;;/h1,3H;;. The van der Waals surface area contributed by atoms with E-state index in [2.05, 4.69) is 4.74 Å². The summed E-state index contributed by atoms with van der Waals surface area (Å²) in [5.74, 6) is 0. The summed E-state index contributed by atoms with van der Waals surface area (Å²) in [7, 11) is 0. The second kappa shape index (κ2) is 4.74. The summed E-state index contributed by atoms with van der Waals surface area (Å²) in [5.41, 5.74) is 0. The molecule has 0 N–H and O–H groups in total. The van der Waals surface area contributed by atoms with Crippen LogP contribution in [-0.2, 0) is 48.2 Å². The van der Waals surface area contributed by atoms with Gasteiger partial charge in [-0.25, -0.2) is 0 Å². The second-order valence-corrected chi connectivity index (χ2v) is 2.94. The van der Waals surface area contributed by atoms with Crippen molar-refractivity contribution >= 4 is 15.0 Å². The molecule has 0 aliphatic carbocycles. The molecule has 0 amide bonds. The third-order valence-electron chi connectivity index (χ3n) is 0.260. The van der Waals surface area contributed by atoms with Crippen LogP contribution in [-0.4, -0.2) is 15.0 Å². The van der Waals surface area contributed by atoms with Gasteiger partial charge in [0.05, 0.1) is 0 Å². The summed E-state index contributed by atoms with van der Waals surface area (Å²) < 4.78 is 7.02. The zero-order valence-corrected chi connectivity index (χ0v) is 9.15. The van der Waals surface area contributed by atoms with Crippen LogP contribution in [0.1, 0.15) is 0 Å². The second-order valence-electron chi connectivity index (χ2n) is 0.651. The Labute approximate surface area is 63.1 Å². The molecule has 0 aliphatic rings. The van der Waals surface area contributed by atoms with Gasteiger partial charge < -0.3 is 0 Å². The van der Waals surface area contributed by atoms with Crippen LogP contribution in [0, 0.1) is 0 Å². The molecule has 0 atom stereocenters. The molecule has 7 heavy (non-hydrogen) atoms. The molecule has 0 heterocycles. The van der Waals surface area contributed by atoms with Crippen molar-refractivity contribution in [2.45, 2.75) is 0 Å². The molecule has 4 heteroatoms. The van der Waals surface area contributed by atoms with E-state index in [0.29, 0.717) is 6.47 Å². The number of hydrogen-bond acceptors (Lipinski definition) is 2. The molecular weight excluding hydrogens is 436 g/mol. The van der Waals surface area contributed by atoms with E-state index in [1.807, 2.05) is 4.40 Å².